The van der Waals surface area contributed by atoms with Crippen LogP contribution in [-0.4, -0.2) is 18.4 Å². The predicted octanol–water partition coefficient (Wildman–Crippen LogP) is 3.47. The minimum absolute atomic E-state index is 0.110. The Morgan fingerprint density at radius 2 is 1.81 bits per heavy atom. The fourth-order valence-corrected chi connectivity index (χ4v) is 2.09. The van der Waals surface area contributed by atoms with Crippen molar-refractivity contribution >= 4 is 45.0 Å². The van der Waals surface area contributed by atoms with Gasteiger partial charge in [-0.1, -0.05) is 33.6 Å². The van der Waals surface area contributed by atoms with Crippen molar-refractivity contribution in [1.29, 1.82) is 0 Å². The van der Waals surface area contributed by atoms with E-state index in [1.54, 1.807) is 36.4 Å². The highest BCUT2D eigenvalue weighted by molar-refractivity contribution is 9.10. The molecule has 6 heteroatoms. The summed E-state index contributed by atoms with van der Waals surface area (Å²) in [6.07, 6.45) is 0. The van der Waals surface area contributed by atoms with Gasteiger partial charge in [0.2, 0.25) is 5.91 Å². The van der Waals surface area contributed by atoms with Crippen molar-refractivity contribution in [2.45, 2.75) is 0 Å². The molecule has 0 aliphatic carbocycles. The molecule has 0 bridgehead atoms. The highest BCUT2D eigenvalue weighted by atomic mass is 79.9. The maximum Gasteiger partial charge on any atom is 0.251 e. The van der Waals surface area contributed by atoms with E-state index in [4.69, 9.17) is 11.6 Å². The molecule has 0 fully saturated rings. The highest BCUT2D eigenvalue weighted by Crippen LogP contribution is 2.14. The van der Waals surface area contributed by atoms with Crippen molar-refractivity contribution in [1.82, 2.24) is 5.32 Å². The van der Waals surface area contributed by atoms with E-state index in [1.807, 2.05) is 12.1 Å². The molecule has 2 aromatic rings. The zero-order valence-corrected chi connectivity index (χ0v) is 13.2. The fourth-order valence-electron chi connectivity index (χ4n) is 1.63. The molecule has 0 radical (unpaired) electrons. The van der Waals surface area contributed by atoms with Gasteiger partial charge in [0, 0.05) is 20.7 Å². The summed E-state index contributed by atoms with van der Waals surface area (Å²) in [5.41, 5.74) is 1.08. The summed E-state index contributed by atoms with van der Waals surface area (Å²) >= 11 is 9.12. The SMILES string of the molecule is O=C(CNC(=O)c1cccc(Cl)c1)Nc1ccc(Br)cc1. The molecule has 0 aliphatic rings. The van der Waals surface area contributed by atoms with Crippen molar-refractivity contribution in [2.24, 2.45) is 0 Å². The third-order valence-electron chi connectivity index (χ3n) is 2.62. The molecule has 0 spiro atoms. The zero-order chi connectivity index (χ0) is 15.2. The van der Waals surface area contributed by atoms with Crippen molar-refractivity contribution < 1.29 is 9.59 Å². The van der Waals surface area contributed by atoms with E-state index in [0.29, 0.717) is 16.3 Å². The van der Waals surface area contributed by atoms with E-state index >= 15 is 0 Å². The van der Waals surface area contributed by atoms with Crippen LogP contribution in [-0.2, 0) is 4.79 Å². The molecule has 2 amide bonds. The van der Waals surface area contributed by atoms with Gasteiger partial charge in [0.05, 0.1) is 6.54 Å². The minimum Gasteiger partial charge on any atom is -0.343 e. The van der Waals surface area contributed by atoms with Gasteiger partial charge < -0.3 is 10.6 Å². The van der Waals surface area contributed by atoms with Crippen LogP contribution in [0.3, 0.4) is 0 Å². The fraction of sp³-hybridized carbons (Fsp3) is 0.0667. The number of rotatable bonds is 4. The Hall–Kier alpha value is -1.85. The Kier molecular flexibility index (Phi) is 5.36. The Labute approximate surface area is 135 Å². The van der Waals surface area contributed by atoms with Gasteiger partial charge in [-0.2, -0.15) is 0 Å². The molecule has 4 nitrogen and oxygen atoms in total. The first-order valence-electron chi connectivity index (χ1n) is 6.14. The van der Waals surface area contributed by atoms with Crippen molar-refractivity contribution in [3.05, 3.63) is 63.6 Å². The Balaban J connectivity index is 1.86. The largest absolute Gasteiger partial charge is 0.343 e. The monoisotopic (exact) mass is 366 g/mol. The first kappa shape index (κ1) is 15.5. The summed E-state index contributed by atoms with van der Waals surface area (Å²) in [6.45, 7) is -0.110. The van der Waals surface area contributed by atoms with Crippen LogP contribution in [0.2, 0.25) is 5.02 Å². The van der Waals surface area contributed by atoms with Gasteiger partial charge in [-0.05, 0) is 42.5 Å². The van der Waals surface area contributed by atoms with Crippen molar-refractivity contribution in [3.63, 3.8) is 0 Å². The predicted molar refractivity (Wildman–Crippen MR) is 86.6 cm³/mol. The number of benzene rings is 2. The third-order valence-corrected chi connectivity index (χ3v) is 3.39. The van der Waals surface area contributed by atoms with Gasteiger partial charge >= 0.3 is 0 Å². The summed E-state index contributed by atoms with van der Waals surface area (Å²) in [7, 11) is 0. The zero-order valence-electron chi connectivity index (χ0n) is 10.9. The molecular weight excluding hydrogens is 356 g/mol. The number of amides is 2. The van der Waals surface area contributed by atoms with Gasteiger partial charge in [0.1, 0.15) is 0 Å². The average Bonchev–Trinajstić information content (AvgIpc) is 2.47. The van der Waals surface area contributed by atoms with E-state index < -0.39 is 0 Å². The molecule has 108 valence electrons. The summed E-state index contributed by atoms with van der Waals surface area (Å²) in [6, 6.07) is 13.7. The van der Waals surface area contributed by atoms with Crippen LogP contribution in [0.1, 0.15) is 10.4 Å². The van der Waals surface area contributed by atoms with E-state index in [9.17, 15) is 9.59 Å². The van der Waals surface area contributed by atoms with Crippen molar-refractivity contribution in [3.8, 4) is 0 Å². The van der Waals surface area contributed by atoms with E-state index in [2.05, 4.69) is 26.6 Å². The molecule has 21 heavy (non-hydrogen) atoms. The molecular formula is C15H12BrClN2O2. The van der Waals surface area contributed by atoms with Crippen LogP contribution in [0.15, 0.2) is 53.0 Å². The second-order valence-electron chi connectivity index (χ2n) is 4.25. The number of anilines is 1. The minimum atomic E-state index is -0.344. The Morgan fingerprint density at radius 1 is 1.10 bits per heavy atom. The maximum atomic E-state index is 11.8. The molecule has 0 unspecified atom stereocenters. The lowest BCUT2D eigenvalue weighted by Crippen LogP contribution is -2.32. The quantitative estimate of drug-likeness (QED) is 0.869. The Bertz CT molecular complexity index is 659. The molecule has 0 aliphatic heterocycles. The molecule has 2 N–H and O–H groups in total. The smallest absolute Gasteiger partial charge is 0.251 e. The summed E-state index contributed by atoms with van der Waals surface area (Å²) in [5, 5.41) is 5.70. The first-order chi connectivity index (χ1) is 10.0. The topological polar surface area (TPSA) is 58.2 Å². The van der Waals surface area contributed by atoms with Gasteiger partial charge in [-0.15, -0.1) is 0 Å². The van der Waals surface area contributed by atoms with E-state index in [-0.39, 0.29) is 18.4 Å². The van der Waals surface area contributed by atoms with Crippen LogP contribution < -0.4 is 10.6 Å². The standard InChI is InChI=1S/C15H12BrClN2O2/c16-11-4-6-13(7-5-11)19-14(20)9-18-15(21)10-2-1-3-12(17)8-10/h1-8H,9H2,(H,18,21)(H,19,20). The van der Waals surface area contributed by atoms with Gasteiger partial charge in [-0.3, -0.25) is 9.59 Å². The lowest BCUT2D eigenvalue weighted by molar-refractivity contribution is -0.115. The van der Waals surface area contributed by atoms with Gasteiger partial charge in [-0.25, -0.2) is 0 Å². The summed E-state index contributed by atoms with van der Waals surface area (Å²) < 4.78 is 0.926. The van der Waals surface area contributed by atoms with E-state index in [1.165, 1.54) is 0 Å². The maximum absolute atomic E-state index is 11.8. The summed E-state index contributed by atoms with van der Waals surface area (Å²) in [4.78, 5) is 23.6. The third kappa shape index (κ3) is 4.88. The van der Waals surface area contributed by atoms with Crippen LogP contribution in [0, 0.1) is 0 Å². The number of hydrogen-bond donors (Lipinski definition) is 2. The van der Waals surface area contributed by atoms with Crippen LogP contribution in [0.5, 0.6) is 0 Å². The highest BCUT2D eigenvalue weighted by Gasteiger charge is 2.08. The second-order valence-corrected chi connectivity index (χ2v) is 5.60. The molecule has 0 atom stereocenters. The van der Waals surface area contributed by atoms with E-state index in [0.717, 1.165) is 4.47 Å². The van der Waals surface area contributed by atoms with Gasteiger partial charge in [0.25, 0.3) is 5.91 Å². The number of nitrogens with one attached hydrogen (secondary N) is 2. The molecule has 2 aromatic carbocycles. The molecule has 0 saturated heterocycles. The van der Waals surface area contributed by atoms with Crippen molar-refractivity contribution in [2.75, 3.05) is 11.9 Å². The molecule has 0 saturated carbocycles. The second kappa shape index (κ2) is 7.24. The van der Waals surface area contributed by atoms with Crippen LogP contribution >= 0.6 is 27.5 Å². The molecule has 0 heterocycles. The van der Waals surface area contributed by atoms with Crippen LogP contribution in [0.25, 0.3) is 0 Å². The Morgan fingerprint density at radius 3 is 2.48 bits per heavy atom. The van der Waals surface area contributed by atoms with Crippen LogP contribution in [0.4, 0.5) is 5.69 Å². The van der Waals surface area contributed by atoms with Gasteiger partial charge in [0.15, 0.2) is 0 Å². The number of carbonyl (C=O) groups is 2. The lowest BCUT2D eigenvalue weighted by Gasteiger charge is -2.07. The number of carbonyl (C=O) groups excluding carboxylic acids is 2. The summed E-state index contributed by atoms with van der Waals surface area (Å²) in [5.74, 6) is -0.642. The normalized spacial score (nSPS) is 10.0. The number of halogens is 2. The molecule has 2 rings (SSSR count). The number of hydrogen-bond acceptors (Lipinski definition) is 2. The lowest BCUT2D eigenvalue weighted by atomic mass is 10.2. The molecule has 0 aromatic heterocycles. The first-order valence-corrected chi connectivity index (χ1v) is 7.31. The average molecular weight is 368 g/mol.